The van der Waals surface area contributed by atoms with E-state index in [0.717, 1.165) is 59.1 Å². The van der Waals surface area contributed by atoms with Gasteiger partial charge in [-0.25, -0.2) is 4.39 Å². The lowest BCUT2D eigenvalue weighted by molar-refractivity contribution is 0.354. The van der Waals surface area contributed by atoms with Crippen molar-refractivity contribution in [1.82, 2.24) is 9.88 Å². The molecular weight excluding hydrogens is 427 g/mol. The van der Waals surface area contributed by atoms with Crippen LogP contribution in [0.25, 0.3) is 11.3 Å². The number of ether oxygens (including phenoxy) is 2. The normalized spacial score (nSPS) is 10.5. The third kappa shape index (κ3) is 5.62. The van der Waals surface area contributed by atoms with Crippen LogP contribution in [0.5, 0.6) is 11.5 Å². The zero-order chi connectivity index (χ0) is 20.8. The molecule has 0 fully saturated rings. The fraction of sp³-hybridized carbons (Fsp3) is 0.318. The highest BCUT2D eigenvalue weighted by Crippen LogP contribution is 2.28. The lowest BCUT2D eigenvalue weighted by Crippen LogP contribution is -2.20. The maximum atomic E-state index is 13.2. The molecular formula is C22H26ClFN2O3S. The first-order valence-corrected chi connectivity index (χ1v) is 10.2. The SMILES string of the molecule is COc1ccc(CCNCCc2sc(=O)n(C)c2-c2ccc(F)cc2)cc1OC.Cl. The summed E-state index contributed by atoms with van der Waals surface area (Å²) >= 11 is 1.25. The Morgan fingerprint density at radius 3 is 2.33 bits per heavy atom. The Hall–Kier alpha value is -2.35. The molecule has 1 N–H and O–H groups in total. The maximum absolute atomic E-state index is 13.2. The van der Waals surface area contributed by atoms with Gasteiger partial charge in [0.15, 0.2) is 11.5 Å². The van der Waals surface area contributed by atoms with Crippen molar-refractivity contribution in [3.8, 4) is 22.8 Å². The summed E-state index contributed by atoms with van der Waals surface area (Å²) in [5, 5.41) is 3.43. The zero-order valence-corrected chi connectivity index (χ0v) is 18.9. The van der Waals surface area contributed by atoms with Crippen molar-refractivity contribution in [3.63, 3.8) is 0 Å². The maximum Gasteiger partial charge on any atom is 0.307 e. The van der Waals surface area contributed by atoms with Gasteiger partial charge in [0.1, 0.15) is 5.82 Å². The average Bonchev–Trinajstić information content (AvgIpc) is 3.01. The molecule has 0 aliphatic heterocycles. The van der Waals surface area contributed by atoms with E-state index in [1.54, 1.807) is 38.0 Å². The molecule has 0 unspecified atom stereocenters. The second-order valence-corrected chi connectivity index (χ2v) is 7.69. The van der Waals surface area contributed by atoms with Gasteiger partial charge in [-0.3, -0.25) is 4.79 Å². The molecule has 0 saturated carbocycles. The van der Waals surface area contributed by atoms with Crippen LogP contribution >= 0.6 is 23.7 Å². The van der Waals surface area contributed by atoms with Crippen molar-refractivity contribution in [3.05, 3.63) is 68.4 Å². The molecule has 0 amide bonds. The summed E-state index contributed by atoms with van der Waals surface area (Å²) in [5.74, 6) is 1.16. The fourth-order valence-electron chi connectivity index (χ4n) is 3.23. The fourth-order valence-corrected chi connectivity index (χ4v) is 4.22. The Kier molecular flexibility index (Phi) is 8.89. The number of benzene rings is 2. The number of hydrogen-bond acceptors (Lipinski definition) is 5. The van der Waals surface area contributed by atoms with Crippen LogP contribution in [-0.2, 0) is 19.9 Å². The van der Waals surface area contributed by atoms with Gasteiger partial charge in [-0.2, -0.15) is 0 Å². The molecule has 0 aliphatic rings. The molecule has 0 spiro atoms. The van der Waals surface area contributed by atoms with Gasteiger partial charge in [-0.05, 0) is 66.9 Å². The van der Waals surface area contributed by atoms with Gasteiger partial charge in [-0.1, -0.05) is 17.4 Å². The Morgan fingerprint density at radius 2 is 1.67 bits per heavy atom. The van der Waals surface area contributed by atoms with Crippen LogP contribution in [0, 0.1) is 5.82 Å². The monoisotopic (exact) mass is 452 g/mol. The van der Waals surface area contributed by atoms with E-state index in [0.29, 0.717) is 0 Å². The summed E-state index contributed by atoms with van der Waals surface area (Å²) in [6.45, 7) is 1.56. The summed E-state index contributed by atoms with van der Waals surface area (Å²) < 4.78 is 25.5. The molecule has 8 heteroatoms. The second kappa shape index (κ2) is 11.2. The lowest BCUT2D eigenvalue weighted by atomic mass is 10.1. The van der Waals surface area contributed by atoms with Gasteiger partial charge in [-0.15, -0.1) is 12.4 Å². The van der Waals surface area contributed by atoms with E-state index < -0.39 is 0 Å². The van der Waals surface area contributed by atoms with Crippen LogP contribution in [0.2, 0.25) is 0 Å². The van der Waals surface area contributed by atoms with Crippen LogP contribution in [0.4, 0.5) is 4.39 Å². The summed E-state index contributed by atoms with van der Waals surface area (Å²) in [5.41, 5.74) is 2.88. The van der Waals surface area contributed by atoms with E-state index in [9.17, 15) is 9.18 Å². The van der Waals surface area contributed by atoms with Gasteiger partial charge in [0, 0.05) is 18.5 Å². The molecule has 0 radical (unpaired) electrons. The van der Waals surface area contributed by atoms with Crippen LogP contribution in [0.15, 0.2) is 47.3 Å². The first-order valence-electron chi connectivity index (χ1n) is 9.39. The van der Waals surface area contributed by atoms with E-state index in [1.165, 1.54) is 23.5 Å². The first kappa shape index (κ1) is 23.9. The van der Waals surface area contributed by atoms with Gasteiger partial charge >= 0.3 is 4.87 Å². The minimum absolute atomic E-state index is 0. The van der Waals surface area contributed by atoms with Crippen molar-refractivity contribution in [2.24, 2.45) is 7.05 Å². The average molecular weight is 453 g/mol. The number of nitrogens with one attached hydrogen (secondary N) is 1. The lowest BCUT2D eigenvalue weighted by Gasteiger charge is -2.10. The van der Waals surface area contributed by atoms with Crippen LogP contribution in [0.1, 0.15) is 10.4 Å². The third-order valence-corrected chi connectivity index (χ3v) is 5.86. The number of nitrogens with zero attached hydrogens (tertiary/aromatic N) is 1. The summed E-state index contributed by atoms with van der Waals surface area (Å²) in [6.07, 6.45) is 1.59. The van der Waals surface area contributed by atoms with E-state index in [-0.39, 0.29) is 23.1 Å². The molecule has 0 saturated heterocycles. The van der Waals surface area contributed by atoms with E-state index in [2.05, 4.69) is 5.32 Å². The second-order valence-electron chi connectivity index (χ2n) is 6.64. The molecule has 1 heterocycles. The zero-order valence-electron chi connectivity index (χ0n) is 17.2. The molecule has 3 rings (SSSR count). The van der Waals surface area contributed by atoms with Gasteiger partial charge in [0.05, 0.1) is 19.9 Å². The minimum Gasteiger partial charge on any atom is -0.493 e. The molecule has 0 bridgehead atoms. The number of methoxy groups -OCH3 is 2. The number of rotatable bonds is 9. The molecule has 162 valence electrons. The molecule has 0 atom stereocenters. The Morgan fingerprint density at radius 1 is 1.00 bits per heavy atom. The molecule has 2 aromatic carbocycles. The van der Waals surface area contributed by atoms with Crippen molar-refractivity contribution >= 4 is 23.7 Å². The largest absolute Gasteiger partial charge is 0.493 e. The predicted octanol–water partition coefficient (Wildman–Crippen LogP) is 4.07. The van der Waals surface area contributed by atoms with Crippen molar-refractivity contribution in [2.75, 3.05) is 27.3 Å². The number of aromatic nitrogens is 1. The Bertz CT molecular complexity index is 1020. The molecule has 0 aliphatic carbocycles. The summed E-state index contributed by atoms with van der Waals surface area (Å²) in [4.78, 5) is 13.1. The van der Waals surface area contributed by atoms with Crippen molar-refractivity contribution < 1.29 is 13.9 Å². The highest BCUT2D eigenvalue weighted by molar-refractivity contribution is 7.09. The molecule has 1 aromatic heterocycles. The van der Waals surface area contributed by atoms with Gasteiger partial charge in [0.25, 0.3) is 0 Å². The Balaban J connectivity index is 0.00000320. The highest BCUT2D eigenvalue weighted by atomic mass is 35.5. The number of thiazole rings is 1. The highest BCUT2D eigenvalue weighted by Gasteiger charge is 2.14. The predicted molar refractivity (Wildman–Crippen MR) is 122 cm³/mol. The van der Waals surface area contributed by atoms with Crippen LogP contribution < -0.4 is 19.7 Å². The molecule has 30 heavy (non-hydrogen) atoms. The standard InChI is InChI=1S/C22H25FN2O3S.ClH/c1-25-21(16-5-7-17(23)8-6-16)20(29-22(25)26)11-13-24-12-10-15-4-9-18(27-2)19(14-15)28-3;/h4-9,14,24H,10-13H2,1-3H3;1H. The third-order valence-electron chi connectivity index (χ3n) is 4.77. The van der Waals surface area contributed by atoms with Crippen LogP contribution in [0.3, 0.4) is 0 Å². The van der Waals surface area contributed by atoms with E-state index in [4.69, 9.17) is 9.47 Å². The van der Waals surface area contributed by atoms with Crippen molar-refractivity contribution in [1.29, 1.82) is 0 Å². The van der Waals surface area contributed by atoms with Crippen molar-refractivity contribution in [2.45, 2.75) is 12.8 Å². The number of halogens is 2. The first-order chi connectivity index (χ1) is 14.0. The van der Waals surface area contributed by atoms with Crippen LogP contribution in [-0.4, -0.2) is 31.9 Å². The van der Waals surface area contributed by atoms with E-state index >= 15 is 0 Å². The summed E-state index contributed by atoms with van der Waals surface area (Å²) in [7, 11) is 5.01. The number of hydrogen-bond donors (Lipinski definition) is 1. The smallest absolute Gasteiger partial charge is 0.307 e. The minimum atomic E-state index is -0.285. The quantitative estimate of drug-likeness (QED) is 0.497. The Labute approximate surface area is 185 Å². The van der Waals surface area contributed by atoms with E-state index in [1.807, 2.05) is 18.2 Å². The van der Waals surface area contributed by atoms with Gasteiger partial charge in [0.2, 0.25) is 0 Å². The molecule has 5 nitrogen and oxygen atoms in total. The summed E-state index contributed by atoms with van der Waals surface area (Å²) in [6, 6.07) is 12.2. The topological polar surface area (TPSA) is 52.5 Å². The molecule has 3 aromatic rings. The van der Waals surface area contributed by atoms with Gasteiger partial charge < -0.3 is 19.4 Å².